The molecule has 1 spiro atoms. The number of benzene rings is 1. The molecule has 1 aliphatic carbocycles. The molecule has 0 radical (unpaired) electrons. The second-order valence-electron chi connectivity index (χ2n) is 5.53. The second kappa shape index (κ2) is 5.36. The fourth-order valence-corrected chi connectivity index (χ4v) is 3.21. The summed E-state index contributed by atoms with van der Waals surface area (Å²) < 4.78 is 23.0. The van der Waals surface area contributed by atoms with Gasteiger partial charge in [0.05, 0.1) is 11.6 Å². The molecule has 0 aromatic heterocycles. The summed E-state index contributed by atoms with van der Waals surface area (Å²) in [6.07, 6.45) is 2.83. The summed E-state index contributed by atoms with van der Waals surface area (Å²) in [4.78, 5) is 12.1. The van der Waals surface area contributed by atoms with Crippen molar-refractivity contribution in [1.82, 2.24) is 0 Å². The smallest absolute Gasteiger partial charge is 0.339 e. The lowest BCUT2D eigenvalue weighted by molar-refractivity contribution is -0.0323. The number of esters is 1. The molecule has 1 fully saturated rings. The van der Waals surface area contributed by atoms with Crippen LogP contribution in [0.2, 0.25) is 0 Å². The van der Waals surface area contributed by atoms with Gasteiger partial charge in [-0.15, -0.1) is 0 Å². The minimum atomic E-state index is -0.585. The van der Waals surface area contributed by atoms with Crippen LogP contribution in [0.5, 0.6) is 5.75 Å². The van der Waals surface area contributed by atoms with Crippen LogP contribution in [-0.4, -0.2) is 19.3 Å². The highest BCUT2D eigenvalue weighted by Gasteiger charge is 2.47. The number of ether oxygens (including phenoxy) is 2. The third-order valence-electron chi connectivity index (χ3n) is 4.31. The van der Waals surface area contributed by atoms with Gasteiger partial charge in [-0.05, 0) is 37.8 Å². The average molecular weight is 289 g/mol. The summed E-state index contributed by atoms with van der Waals surface area (Å²) in [5, 5.41) is 8.98. The van der Waals surface area contributed by atoms with Gasteiger partial charge in [-0.2, -0.15) is 5.26 Å². The predicted octanol–water partition coefficient (Wildman–Crippen LogP) is 3.11. The van der Waals surface area contributed by atoms with E-state index in [1.54, 1.807) is 12.1 Å². The Hall–Kier alpha value is -2.09. The van der Waals surface area contributed by atoms with Crippen LogP contribution in [0.1, 0.15) is 41.6 Å². The zero-order chi connectivity index (χ0) is 14.9. The molecule has 21 heavy (non-hydrogen) atoms. The highest BCUT2D eigenvalue weighted by atomic mass is 19.1. The van der Waals surface area contributed by atoms with Crippen LogP contribution in [0.15, 0.2) is 18.2 Å². The average Bonchev–Trinajstić information content (AvgIpc) is 2.78. The molecule has 1 aromatic rings. The van der Waals surface area contributed by atoms with Crippen LogP contribution in [0.4, 0.5) is 4.39 Å². The molecule has 0 amide bonds. The third-order valence-corrected chi connectivity index (χ3v) is 4.31. The lowest BCUT2D eigenvalue weighted by Crippen LogP contribution is -2.31. The van der Waals surface area contributed by atoms with Gasteiger partial charge in [0.25, 0.3) is 0 Å². The van der Waals surface area contributed by atoms with Crippen molar-refractivity contribution in [2.24, 2.45) is 5.92 Å². The Morgan fingerprint density at radius 1 is 1.43 bits per heavy atom. The molecule has 0 saturated heterocycles. The van der Waals surface area contributed by atoms with Crippen molar-refractivity contribution in [1.29, 1.82) is 5.26 Å². The maximum Gasteiger partial charge on any atom is 0.339 e. The van der Waals surface area contributed by atoms with Crippen LogP contribution in [0.25, 0.3) is 0 Å². The zero-order valence-corrected chi connectivity index (χ0v) is 11.6. The molecule has 0 N–H and O–H groups in total. The van der Waals surface area contributed by atoms with E-state index in [4.69, 9.17) is 14.7 Å². The van der Waals surface area contributed by atoms with Crippen molar-refractivity contribution in [3.63, 3.8) is 0 Å². The molecule has 2 aliphatic rings. The molecule has 5 heteroatoms. The van der Waals surface area contributed by atoms with E-state index in [9.17, 15) is 9.18 Å². The molecule has 1 aliphatic heterocycles. The third kappa shape index (κ3) is 2.35. The molecule has 4 nitrogen and oxygen atoms in total. The largest absolute Gasteiger partial charge is 0.491 e. The van der Waals surface area contributed by atoms with Gasteiger partial charge in [0.1, 0.15) is 24.6 Å². The highest BCUT2D eigenvalue weighted by molar-refractivity contribution is 5.95. The van der Waals surface area contributed by atoms with E-state index in [0.29, 0.717) is 24.2 Å². The molecule has 0 unspecified atom stereocenters. The van der Waals surface area contributed by atoms with Crippen molar-refractivity contribution in [2.75, 3.05) is 13.3 Å². The second-order valence-corrected chi connectivity index (χ2v) is 5.53. The molecular formula is C16H16FNO3. The summed E-state index contributed by atoms with van der Waals surface area (Å²) >= 11 is 0. The van der Waals surface area contributed by atoms with E-state index in [1.165, 1.54) is 0 Å². The number of carbonyl (C=O) groups is 1. The number of alkyl halides is 1. The Morgan fingerprint density at radius 2 is 2.19 bits per heavy atom. The normalized spacial score (nSPS) is 27.0. The molecular weight excluding hydrogens is 273 g/mol. The number of nitriles is 1. The fraction of sp³-hybridized carbons (Fsp3) is 0.500. The summed E-state index contributed by atoms with van der Waals surface area (Å²) in [5.74, 6) is 0.169. The van der Waals surface area contributed by atoms with Crippen molar-refractivity contribution >= 4 is 5.97 Å². The molecule has 110 valence electrons. The standard InChI is InChI=1S/C16H16FNO3/c17-7-8-20-12-1-2-14-13(9-12)15(19)21-16(14)5-3-11(10-18)4-6-16/h1-2,9,11H,3-8H2. The topological polar surface area (TPSA) is 59.3 Å². The first-order chi connectivity index (χ1) is 10.2. The van der Waals surface area contributed by atoms with Crippen LogP contribution in [0.3, 0.4) is 0 Å². The van der Waals surface area contributed by atoms with E-state index >= 15 is 0 Å². The first kappa shape index (κ1) is 13.9. The number of rotatable bonds is 3. The van der Waals surface area contributed by atoms with Crippen LogP contribution in [-0.2, 0) is 10.3 Å². The maximum absolute atomic E-state index is 12.1. The Balaban J connectivity index is 1.87. The first-order valence-corrected chi connectivity index (χ1v) is 7.15. The van der Waals surface area contributed by atoms with E-state index in [1.807, 2.05) is 6.07 Å². The van der Waals surface area contributed by atoms with E-state index < -0.39 is 12.3 Å². The van der Waals surface area contributed by atoms with E-state index in [-0.39, 0.29) is 18.5 Å². The van der Waals surface area contributed by atoms with Gasteiger partial charge in [-0.1, -0.05) is 6.07 Å². The lowest BCUT2D eigenvalue weighted by Gasteiger charge is -2.34. The van der Waals surface area contributed by atoms with Crippen molar-refractivity contribution < 1.29 is 18.7 Å². The number of fused-ring (bicyclic) bond motifs is 2. The molecule has 3 rings (SSSR count). The molecule has 0 atom stereocenters. The summed E-state index contributed by atoms with van der Waals surface area (Å²) in [7, 11) is 0. The highest BCUT2D eigenvalue weighted by Crippen LogP contribution is 2.48. The fourth-order valence-electron chi connectivity index (χ4n) is 3.21. The Morgan fingerprint density at radius 3 is 2.86 bits per heavy atom. The van der Waals surface area contributed by atoms with Gasteiger partial charge >= 0.3 is 5.97 Å². The first-order valence-electron chi connectivity index (χ1n) is 7.15. The van der Waals surface area contributed by atoms with Crippen LogP contribution in [0, 0.1) is 17.2 Å². The van der Waals surface area contributed by atoms with Crippen molar-refractivity contribution in [3.05, 3.63) is 29.3 Å². The van der Waals surface area contributed by atoms with Crippen molar-refractivity contribution in [2.45, 2.75) is 31.3 Å². The minimum Gasteiger partial charge on any atom is -0.491 e. The Kier molecular flexibility index (Phi) is 3.54. The van der Waals surface area contributed by atoms with E-state index in [0.717, 1.165) is 18.4 Å². The monoisotopic (exact) mass is 289 g/mol. The van der Waals surface area contributed by atoms with Gasteiger partial charge in [0, 0.05) is 11.5 Å². The molecule has 1 heterocycles. The zero-order valence-electron chi connectivity index (χ0n) is 11.6. The number of hydrogen-bond donors (Lipinski definition) is 0. The van der Waals surface area contributed by atoms with Crippen LogP contribution >= 0.6 is 0 Å². The summed E-state index contributed by atoms with van der Waals surface area (Å²) in [6.45, 7) is -0.593. The maximum atomic E-state index is 12.1. The Labute approximate surface area is 122 Å². The minimum absolute atomic E-state index is 0.0250. The van der Waals surface area contributed by atoms with Gasteiger partial charge in [-0.25, -0.2) is 9.18 Å². The number of carbonyl (C=O) groups excluding carboxylic acids is 1. The van der Waals surface area contributed by atoms with E-state index in [2.05, 4.69) is 6.07 Å². The number of halogens is 1. The van der Waals surface area contributed by atoms with Crippen LogP contribution < -0.4 is 4.74 Å². The Bertz CT molecular complexity index is 600. The predicted molar refractivity (Wildman–Crippen MR) is 72.6 cm³/mol. The SMILES string of the molecule is N#CC1CCC2(CC1)OC(=O)c1cc(OCCF)ccc12. The van der Waals surface area contributed by atoms with Gasteiger partial charge in [-0.3, -0.25) is 0 Å². The molecule has 0 bridgehead atoms. The van der Waals surface area contributed by atoms with Gasteiger partial charge < -0.3 is 9.47 Å². The molecule has 1 saturated carbocycles. The summed E-state index contributed by atoms with van der Waals surface area (Å²) in [5.41, 5.74) is 0.788. The van der Waals surface area contributed by atoms with Gasteiger partial charge in [0.2, 0.25) is 0 Å². The quantitative estimate of drug-likeness (QED) is 0.802. The molecule has 1 aromatic carbocycles. The number of hydrogen-bond acceptors (Lipinski definition) is 4. The summed E-state index contributed by atoms with van der Waals surface area (Å²) in [6, 6.07) is 7.48. The van der Waals surface area contributed by atoms with Crippen molar-refractivity contribution in [3.8, 4) is 11.8 Å². The van der Waals surface area contributed by atoms with Gasteiger partial charge in [0.15, 0.2) is 0 Å². The number of nitrogens with zero attached hydrogens (tertiary/aromatic N) is 1. The lowest BCUT2D eigenvalue weighted by atomic mass is 9.75.